The summed E-state index contributed by atoms with van der Waals surface area (Å²) in [5.74, 6) is -1.91. The van der Waals surface area contributed by atoms with Gasteiger partial charge in [0.2, 0.25) is 0 Å². The van der Waals surface area contributed by atoms with Crippen LogP contribution in [0.1, 0.15) is 58.1 Å². The fraction of sp³-hybridized carbons (Fsp3) is 0.588. The van der Waals surface area contributed by atoms with Crippen molar-refractivity contribution < 1.29 is 15.0 Å². The highest BCUT2D eigenvalue weighted by molar-refractivity contribution is 5.77. The molecule has 0 saturated heterocycles. The van der Waals surface area contributed by atoms with Crippen molar-refractivity contribution in [2.24, 2.45) is 11.1 Å². The van der Waals surface area contributed by atoms with E-state index in [1.807, 2.05) is 6.07 Å². The Balaban J connectivity index is 3.26. The van der Waals surface area contributed by atoms with E-state index >= 15 is 0 Å². The quantitative estimate of drug-likeness (QED) is 0.778. The minimum Gasteiger partial charge on any atom is -0.508 e. The molecule has 4 N–H and O–H groups in total. The van der Waals surface area contributed by atoms with Crippen LogP contribution < -0.4 is 5.73 Å². The molecule has 0 aliphatic heterocycles. The lowest BCUT2D eigenvalue weighted by Crippen LogP contribution is -2.26. The van der Waals surface area contributed by atoms with Crippen LogP contribution in [0.15, 0.2) is 18.2 Å². The fourth-order valence-corrected chi connectivity index (χ4v) is 3.04. The zero-order chi connectivity index (χ0) is 16.4. The SMILES string of the molecule is CC(C)(C)CC(C)(C)c1ccc(O)c(C(CN)C(=O)O)c1. The second kappa shape index (κ2) is 6.06. The number of rotatable bonds is 5. The molecule has 0 aliphatic rings. The van der Waals surface area contributed by atoms with Crippen molar-refractivity contribution in [3.05, 3.63) is 29.3 Å². The van der Waals surface area contributed by atoms with Crippen molar-refractivity contribution in [3.8, 4) is 5.75 Å². The van der Waals surface area contributed by atoms with Crippen molar-refractivity contribution in [2.75, 3.05) is 6.54 Å². The van der Waals surface area contributed by atoms with Crippen LogP contribution in [0.3, 0.4) is 0 Å². The Morgan fingerprint density at radius 3 is 2.24 bits per heavy atom. The average molecular weight is 293 g/mol. The summed E-state index contributed by atoms with van der Waals surface area (Å²) in [6, 6.07) is 5.22. The summed E-state index contributed by atoms with van der Waals surface area (Å²) in [5, 5.41) is 19.2. The van der Waals surface area contributed by atoms with Crippen molar-refractivity contribution in [3.63, 3.8) is 0 Å². The first-order chi connectivity index (χ1) is 9.48. The standard InChI is InChI=1S/C17H27NO3/c1-16(2,3)10-17(4,5)11-6-7-14(19)12(8-11)13(9-18)15(20)21/h6-8,13,19H,9-10,18H2,1-5H3,(H,20,21). The van der Waals surface area contributed by atoms with Gasteiger partial charge in [0, 0.05) is 12.1 Å². The maximum Gasteiger partial charge on any atom is 0.312 e. The van der Waals surface area contributed by atoms with Crippen molar-refractivity contribution in [2.45, 2.75) is 52.4 Å². The molecule has 0 bridgehead atoms. The smallest absolute Gasteiger partial charge is 0.312 e. The molecule has 0 aliphatic carbocycles. The summed E-state index contributed by atoms with van der Waals surface area (Å²) in [6.45, 7) is 10.8. The van der Waals surface area contributed by atoms with E-state index < -0.39 is 11.9 Å². The minimum atomic E-state index is -1.02. The molecule has 0 heterocycles. The number of phenols is 1. The van der Waals surface area contributed by atoms with Gasteiger partial charge in [-0.25, -0.2) is 0 Å². The van der Waals surface area contributed by atoms with E-state index in [4.69, 9.17) is 5.73 Å². The molecule has 1 aromatic rings. The van der Waals surface area contributed by atoms with Crippen LogP contribution in [0.25, 0.3) is 0 Å². The van der Waals surface area contributed by atoms with E-state index in [0.717, 1.165) is 12.0 Å². The molecule has 0 spiro atoms. The van der Waals surface area contributed by atoms with Crippen molar-refractivity contribution in [1.82, 2.24) is 0 Å². The molecule has 0 aromatic heterocycles. The number of aromatic hydroxyl groups is 1. The Labute approximate surface area is 127 Å². The lowest BCUT2D eigenvalue weighted by Gasteiger charge is -2.33. The van der Waals surface area contributed by atoms with E-state index in [1.54, 1.807) is 12.1 Å². The van der Waals surface area contributed by atoms with E-state index in [0.29, 0.717) is 5.56 Å². The van der Waals surface area contributed by atoms with Gasteiger partial charge in [0.1, 0.15) is 5.75 Å². The van der Waals surface area contributed by atoms with Gasteiger partial charge in [-0.3, -0.25) is 4.79 Å². The van der Waals surface area contributed by atoms with E-state index in [9.17, 15) is 15.0 Å². The lowest BCUT2D eigenvalue weighted by molar-refractivity contribution is -0.138. The van der Waals surface area contributed by atoms with Gasteiger partial charge < -0.3 is 15.9 Å². The predicted octanol–water partition coefficient (Wildman–Crippen LogP) is 3.23. The summed E-state index contributed by atoms with van der Waals surface area (Å²) in [5.41, 5.74) is 7.00. The molecule has 4 heteroatoms. The number of benzene rings is 1. The molecule has 0 fully saturated rings. The van der Waals surface area contributed by atoms with Crippen LogP contribution in [0.2, 0.25) is 0 Å². The Hall–Kier alpha value is -1.55. The third-order valence-corrected chi connectivity index (χ3v) is 3.69. The van der Waals surface area contributed by atoms with Crippen LogP contribution in [0.4, 0.5) is 0 Å². The first-order valence-electron chi connectivity index (χ1n) is 7.24. The molecule has 1 unspecified atom stereocenters. The van der Waals surface area contributed by atoms with E-state index in [2.05, 4.69) is 34.6 Å². The Kier molecular flexibility index (Phi) is 5.05. The summed E-state index contributed by atoms with van der Waals surface area (Å²) < 4.78 is 0. The first-order valence-corrected chi connectivity index (χ1v) is 7.24. The van der Waals surface area contributed by atoms with Gasteiger partial charge in [0.05, 0.1) is 5.92 Å². The normalized spacial score (nSPS) is 14.0. The number of hydrogen-bond donors (Lipinski definition) is 3. The summed E-state index contributed by atoms with van der Waals surface area (Å²) >= 11 is 0. The zero-order valence-corrected chi connectivity index (χ0v) is 13.6. The molecule has 0 amide bonds. The first kappa shape index (κ1) is 17.5. The maximum absolute atomic E-state index is 11.3. The van der Waals surface area contributed by atoms with Gasteiger partial charge in [0.25, 0.3) is 0 Å². The number of aliphatic carboxylic acids is 1. The average Bonchev–Trinajstić information content (AvgIpc) is 2.28. The summed E-state index contributed by atoms with van der Waals surface area (Å²) in [6.07, 6.45) is 0.949. The monoisotopic (exact) mass is 293 g/mol. The third-order valence-electron chi connectivity index (χ3n) is 3.69. The molecule has 1 rings (SSSR count). The molecular formula is C17H27NO3. The van der Waals surface area contributed by atoms with Gasteiger partial charge in [-0.2, -0.15) is 0 Å². The van der Waals surface area contributed by atoms with Gasteiger partial charge in [-0.1, -0.05) is 46.8 Å². The Bertz CT molecular complexity index is 515. The Morgan fingerprint density at radius 2 is 1.81 bits per heavy atom. The van der Waals surface area contributed by atoms with Gasteiger partial charge >= 0.3 is 5.97 Å². The molecule has 4 nitrogen and oxygen atoms in total. The van der Waals surface area contributed by atoms with Crippen molar-refractivity contribution in [1.29, 1.82) is 0 Å². The molecule has 1 atom stereocenters. The second-order valence-electron chi connectivity index (χ2n) is 7.52. The van der Waals surface area contributed by atoms with Crippen LogP contribution in [-0.4, -0.2) is 22.7 Å². The zero-order valence-electron chi connectivity index (χ0n) is 13.6. The van der Waals surface area contributed by atoms with Crippen LogP contribution in [0, 0.1) is 5.41 Å². The van der Waals surface area contributed by atoms with Crippen LogP contribution in [-0.2, 0) is 10.2 Å². The number of phenolic OH excluding ortho intramolecular Hbond substituents is 1. The highest BCUT2D eigenvalue weighted by Crippen LogP contribution is 2.38. The lowest BCUT2D eigenvalue weighted by atomic mass is 9.72. The third kappa shape index (κ3) is 4.46. The number of hydrogen-bond acceptors (Lipinski definition) is 3. The van der Waals surface area contributed by atoms with Gasteiger partial charge in [-0.05, 0) is 28.9 Å². The largest absolute Gasteiger partial charge is 0.508 e. The molecule has 1 aromatic carbocycles. The summed E-state index contributed by atoms with van der Waals surface area (Å²) in [7, 11) is 0. The molecule has 0 saturated carbocycles. The van der Waals surface area contributed by atoms with Gasteiger partial charge in [-0.15, -0.1) is 0 Å². The van der Waals surface area contributed by atoms with Crippen LogP contribution >= 0.6 is 0 Å². The maximum atomic E-state index is 11.3. The Morgan fingerprint density at radius 1 is 1.24 bits per heavy atom. The van der Waals surface area contributed by atoms with E-state index in [-0.39, 0.29) is 23.1 Å². The van der Waals surface area contributed by atoms with Gasteiger partial charge in [0.15, 0.2) is 0 Å². The second-order valence-corrected chi connectivity index (χ2v) is 7.52. The molecule has 0 radical (unpaired) electrons. The molecule has 118 valence electrons. The van der Waals surface area contributed by atoms with E-state index in [1.165, 1.54) is 0 Å². The minimum absolute atomic E-state index is 0.0110. The fourth-order valence-electron chi connectivity index (χ4n) is 3.04. The summed E-state index contributed by atoms with van der Waals surface area (Å²) in [4.78, 5) is 11.3. The van der Waals surface area contributed by atoms with Crippen LogP contribution in [0.5, 0.6) is 5.75 Å². The molecule has 21 heavy (non-hydrogen) atoms. The highest BCUT2D eigenvalue weighted by Gasteiger charge is 2.29. The number of carbonyl (C=O) groups is 1. The number of nitrogens with two attached hydrogens (primary N) is 1. The molecular weight excluding hydrogens is 266 g/mol. The predicted molar refractivity (Wildman–Crippen MR) is 84.6 cm³/mol. The number of carboxylic acid groups (broad SMARTS) is 1. The highest BCUT2D eigenvalue weighted by atomic mass is 16.4. The topological polar surface area (TPSA) is 83.5 Å². The number of carboxylic acids is 1. The van der Waals surface area contributed by atoms with Crippen molar-refractivity contribution >= 4 is 5.97 Å².